The van der Waals surface area contributed by atoms with Crippen LogP contribution < -0.4 is 10.9 Å². The van der Waals surface area contributed by atoms with Gasteiger partial charge in [-0.15, -0.1) is 0 Å². The maximum Gasteiger partial charge on any atom is 0.359 e. The third kappa shape index (κ3) is 5.38. The molecule has 0 radical (unpaired) electrons. The van der Waals surface area contributed by atoms with Crippen molar-refractivity contribution >= 4 is 23.3 Å². The van der Waals surface area contributed by atoms with Crippen LogP contribution in [0.3, 0.4) is 0 Å². The molecule has 5 nitrogen and oxygen atoms in total. The van der Waals surface area contributed by atoms with Crippen LogP contribution in [0.15, 0.2) is 63.8 Å². The molecule has 0 amide bonds. The normalized spacial score (nSPS) is 12.4. The van der Waals surface area contributed by atoms with Gasteiger partial charge >= 0.3 is 5.63 Å². The second kappa shape index (κ2) is 10.1. The van der Waals surface area contributed by atoms with Gasteiger partial charge in [-0.2, -0.15) is 0 Å². The van der Waals surface area contributed by atoms with Crippen LogP contribution in [-0.4, -0.2) is 19.1 Å². The fourth-order valence-corrected chi connectivity index (χ4v) is 2.61. The minimum Gasteiger partial charge on any atom is -0.421 e. The summed E-state index contributed by atoms with van der Waals surface area (Å²) < 4.78 is 5.35. The van der Waals surface area contributed by atoms with Crippen LogP contribution in [0, 0.1) is 0 Å². The maximum atomic E-state index is 12.0. The van der Waals surface area contributed by atoms with Gasteiger partial charge in [0.1, 0.15) is 17.7 Å². The van der Waals surface area contributed by atoms with Crippen molar-refractivity contribution in [3.63, 3.8) is 0 Å². The zero-order valence-corrected chi connectivity index (χ0v) is 15.5. The van der Waals surface area contributed by atoms with Crippen molar-refractivity contribution in [2.45, 2.75) is 26.2 Å². The highest BCUT2D eigenvalue weighted by Gasteiger charge is 2.19. The van der Waals surface area contributed by atoms with E-state index in [1.54, 1.807) is 32.2 Å². The Bertz CT molecular complexity index is 908. The van der Waals surface area contributed by atoms with Crippen LogP contribution in [0.2, 0.25) is 0 Å². The fraction of sp³-hybridized carbons (Fsp3) is 0.227. The number of rotatable bonds is 5. The molecule has 0 unspecified atom stereocenters. The van der Waals surface area contributed by atoms with Gasteiger partial charge in [-0.1, -0.05) is 55.5 Å². The molecule has 0 fully saturated rings. The van der Waals surface area contributed by atoms with Gasteiger partial charge in [-0.3, -0.25) is 9.59 Å². The molecule has 0 aliphatic heterocycles. The Morgan fingerprint density at radius 3 is 2.52 bits per heavy atom. The van der Waals surface area contributed by atoms with E-state index in [1.165, 1.54) is 0 Å². The molecule has 0 spiro atoms. The molecular formula is C22H23NO4. The molecule has 1 N–H and O–H groups in total. The number of benzene rings is 1. The summed E-state index contributed by atoms with van der Waals surface area (Å²) in [6.45, 7) is 1.80. The minimum absolute atomic E-state index is 0.0225. The summed E-state index contributed by atoms with van der Waals surface area (Å²) in [5.74, 6) is 0.394. The Hall–Kier alpha value is -3.21. The van der Waals surface area contributed by atoms with E-state index in [2.05, 4.69) is 5.32 Å². The summed E-state index contributed by atoms with van der Waals surface area (Å²) in [6, 6.07) is 10.7. The van der Waals surface area contributed by atoms with E-state index in [4.69, 9.17) is 4.42 Å². The van der Waals surface area contributed by atoms with E-state index < -0.39 is 5.63 Å². The van der Waals surface area contributed by atoms with E-state index in [0.717, 1.165) is 30.3 Å². The first-order valence-electron chi connectivity index (χ1n) is 8.86. The monoisotopic (exact) mass is 365 g/mol. The Labute approximate surface area is 158 Å². The summed E-state index contributed by atoms with van der Waals surface area (Å²) in [4.78, 5) is 33.8. The second-order valence-electron chi connectivity index (χ2n) is 5.90. The number of Topliss-reactive ketones (excluding diaryl/α,β-unsaturated/α-hetero) is 1. The van der Waals surface area contributed by atoms with Crippen LogP contribution >= 0.6 is 0 Å². The first-order chi connectivity index (χ1) is 13.1. The first kappa shape index (κ1) is 20.1. The fourth-order valence-electron chi connectivity index (χ4n) is 2.61. The molecule has 0 saturated carbocycles. The summed E-state index contributed by atoms with van der Waals surface area (Å²) in [5.41, 5.74) is 1.98. The number of anilines is 1. The highest BCUT2D eigenvalue weighted by molar-refractivity contribution is 6.00. The Morgan fingerprint density at radius 2 is 2.00 bits per heavy atom. The number of carbonyl (C=O) groups is 2. The van der Waals surface area contributed by atoms with Crippen molar-refractivity contribution in [2.75, 3.05) is 12.4 Å². The molecule has 0 saturated heterocycles. The summed E-state index contributed by atoms with van der Waals surface area (Å²) in [6.07, 6.45) is 8.75. The predicted molar refractivity (Wildman–Crippen MR) is 107 cm³/mol. The molecule has 1 aliphatic carbocycles. The van der Waals surface area contributed by atoms with E-state index in [9.17, 15) is 14.4 Å². The molecule has 140 valence electrons. The molecule has 5 heteroatoms. The van der Waals surface area contributed by atoms with Gasteiger partial charge < -0.3 is 9.73 Å². The lowest BCUT2D eigenvalue weighted by atomic mass is 9.96. The Morgan fingerprint density at radius 1 is 1.26 bits per heavy atom. The van der Waals surface area contributed by atoms with Crippen molar-refractivity contribution in [1.29, 1.82) is 0 Å². The van der Waals surface area contributed by atoms with E-state index in [0.29, 0.717) is 23.4 Å². The van der Waals surface area contributed by atoms with Crippen molar-refractivity contribution in [3.8, 4) is 0 Å². The van der Waals surface area contributed by atoms with Crippen molar-refractivity contribution in [2.24, 2.45) is 0 Å². The zero-order chi connectivity index (χ0) is 19.6. The topological polar surface area (TPSA) is 76.4 Å². The highest BCUT2D eigenvalue weighted by Crippen LogP contribution is 2.27. The van der Waals surface area contributed by atoms with Crippen LogP contribution in [0.4, 0.5) is 5.69 Å². The molecule has 1 heterocycles. The van der Waals surface area contributed by atoms with E-state index in [-0.39, 0.29) is 5.78 Å². The highest BCUT2D eigenvalue weighted by atomic mass is 16.4. The predicted octanol–water partition coefficient (Wildman–Crippen LogP) is 4.51. The summed E-state index contributed by atoms with van der Waals surface area (Å²) in [7, 11) is 1.63. The lowest BCUT2D eigenvalue weighted by Crippen LogP contribution is -2.13. The van der Waals surface area contributed by atoms with Crippen molar-refractivity contribution in [3.05, 3.63) is 81.9 Å². The SMILES string of the molecule is CCC(=O)c1cc(NC)c(=O)oc1C1=CC=CCC1.O=Cc1ccccc1. The van der Waals surface area contributed by atoms with Gasteiger partial charge in [0, 0.05) is 19.0 Å². The molecule has 1 aromatic carbocycles. The quantitative estimate of drug-likeness (QED) is 0.623. The molecule has 0 atom stereocenters. The van der Waals surface area contributed by atoms with Crippen LogP contribution in [0.5, 0.6) is 0 Å². The lowest BCUT2D eigenvalue weighted by Gasteiger charge is -2.12. The molecule has 0 bridgehead atoms. The molecule has 1 aromatic heterocycles. The van der Waals surface area contributed by atoms with Gasteiger partial charge in [0.15, 0.2) is 5.78 Å². The molecule has 27 heavy (non-hydrogen) atoms. The van der Waals surface area contributed by atoms with Crippen molar-refractivity contribution in [1.82, 2.24) is 0 Å². The molecule has 3 rings (SSSR count). The third-order valence-electron chi connectivity index (χ3n) is 4.08. The number of ketones is 1. The van der Waals surface area contributed by atoms with Gasteiger partial charge in [-0.25, -0.2) is 4.79 Å². The smallest absolute Gasteiger partial charge is 0.359 e. The minimum atomic E-state index is -0.444. The number of nitrogens with one attached hydrogen (secondary N) is 1. The van der Waals surface area contributed by atoms with Gasteiger partial charge in [0.2, 0.25) is 0 Å². The molecular weight excluding hydrogens is 342 g/mol. The molecule has 2 aromatic rings. The number of allylic oxidation sites excluding steroid dienone is 4. The molecule has 1 aliphatic rings. The van der Waals surface area contributed by atoms with E-state index in [1.807, 2.05) is 36.4 Å². The largest absolute Gasteiger partial charge is 0.421 e. The Kier molecular flexibility index (Phi) is 7.49. The van der Waals surface area contributed by atoms with Crippen molar-refractivity contribution < 1.29 is 14.0 Å². The lowest BCUT2D eigenvalue weighted by molar-refractivity contribution is 0.0985. The van der Waals surface area contributed by atoms with E-state index >= 15 is 0 Å². The van der Waals surface area contributed by atoms with Crippen LogP contribution in [-0.2, 0) is 0 Å². The Balaban J connectivity index is 0.000000273. The summed E-state index contributed by atoms with van der Waals surface area (Å²) in [5, 5.41) is 2.75. The number of carbonyl (C=O) groups excluding carboxylic acids is 2. The summed E-state index contributed by atoms with van der Waals surface area (Å²) >= 11 is 0. The van der Waals surface area contributed by atoms with Crippen LogP contribution in [0.1, 0.15) is 52.7 Å². The second-order valence-corrected chi connectivity index (χ2v) is 5.90. The van der Waals surface area contributed by atoms with Gasteiger partial charge in [0.25, 0.3) is 0 Å². The maximum absolute atomic E-state index is 12.0. The standard InChI is InChI=1S/C15H17NO3.C7H6O/c1-3-13(17)11-9-12(16-2)15(18)19-14(11)10-7-5-4-6-8-10;8-6-7-4-2-1-3-5-7/h4-5,7,9,16H,3,6,8H2,1-2H3;1-6H. The first-order valence-corrected chi connectivity index (χ1v) is 8.86. The third-order valence-corrected chi connectivity index (χ3v) is 4.08. The van der Waals surface area contributed by atoms with Crippen LogP contribution in [0.25, 0.3) is 5.57 Å². The number of hydrogen-bond acceptors (Lipinski definition) is 5. The van der Waals surface area contributed by atoms with Gasteiger partial charge in [0.05, 0.1) is 5.56 Å². The number of aldehydes is 1. The zero-order valence-electron chi connectivity index (χ0n) is 15.5. The average molecular weight is 365 g/mol. The average Bonchev–Trinajstić information content (AvgIpc) is 2.74. The number of hydrogen-bond donors (Lipinski definition) is 1. The van der Waals surface area contributed by atoms with Gasteiger partial charge in [-0.05, 0) is 24.5 Å².